The van der Waals surface area contributed by atoms with Crippen LogP contribution in [0.3, 0.4) is 0 Å². The van der Waals surface area contributed by atoms with Crippen molar-refractivity contribution >= 4 is 41.3 Å². The molecule has 0 fully saturated rings. The summed E-state index contributed by atoms with van der Waals surface area (Å²) in [5, 5.41) is 20.3. The SMILES string of the molecule is O=C(CCc1ccc(O)cc1)NN=C/C(Cl)=C(\Cl)C(=O)O. The molecule has 0 saturated heterocycles. The molecule has 0 saturated carbocycles. The molecule has 112 valence electrons. The van der Waals surface area contributed by atoms with Crippen LogP contribution in [0.15, 0.2) is 39.4 Å². The van der Waals surface area contributed by atoms with Crippen molar-refractivity contribution in [2.45, 2.75) is 12.8 Å². The van der Waals surface area contributed by atoms with E-state index in [2.05, 4.69) is 10.5 Å². The number of carbonyl (C=O) groups is 2. The third-order valence-electron chi connectivity index (χ3n) is 2.34. The summed E-state index contributed by atoms with van der Waals surface area (Å²) in [6.45, 7) is 0. The summed E-state index contributed by atoms with van der Waals surface area (Å²) in [7, 11) is 0. The third-order valence-corrected chi connectivity index (χ3v) is 3.09. The topological polar surface area (TPSA) is 99.0 Å². The molecule has 0 aliphatic heterocycles. The molecule has 0 heterocycles. The molecule has 0 bridgehead atoms. The van der Waals surface area contributed by atoms with Gasteiger partial charge in [-0.2, -0.15) is 5.10 Å². The lowest BCUT2D eigenvalue weighted by molar-refractivity contribution is -0.131. The zero-order valence-corrected chi connectivity index (χ0v) is 12.2. The summed E-state index contributed by atoms with van der Waals surface area (Å²) >= 11 is 10.9. The number of nitrogens with zero attached hydrogens (tertiary/aromatic N) is 1. The highest BCUT2D eigenvalue weighted by Crippen LogP contribution is 2.12. The van der Waals surface area contributed by atoms with Crippen LogP contribution >= 0.6 is 23.2 Å². The van der Waals surface area contributed by atoms with Gasteiger partial charge in [0.15, 0.2) is 0 Å². The number of hydrogen-bond acceptors (Lipinski definition) is 4. The number of rotatable bonds is 6. The van der Waals surface area contributed by atoms with Crippen LogP contribution in [0, 0.1) is 0 Å². The molecular weight excluding hydrogens is 319 g/mol. The van der Waals surface area contributed by atoms with Gasteiger partial charge in [-0.05, 0) is 24.1 Å². The van der Waals surface area contributed by atoms with Gasteiger partial charge in [0.25, 0.3) is 0 Å². The maximum absolute atomic E-state index is 11.5. The van der Waals surface area contributed by atoms with Gasteiger partial charge in [-0.15, -0.1) is 0 Å². The number of hydrogen-bond donors (Lipinski definition) is 3. The van der Waals surface area contributed by atoms with E-state index in [0.29, 0.717) is 6.42 Å². The fourth-order valence-electron chi connectivity index (χ4n) is 1.30. The van der Waals surface area contributed by atoms with E-state index in [1.165, 1.54) is 12.1 Å². The minimum atomic E-state index is -1.38. The van der Waals surface area contributed by atoms with Gasteiger partial charge in [-0.3, -0.25) is 4.79 Å². The number of hydrazone groups is 1. The summed E-state index contributed by atoms with van der Waals surface area (Å²) < 4.78 is 0. The maximum atomic E-state index is 11.5. The van der Waals surface area contributed by atoms with Crippen LogP contribution < -0.4 is 5.43 Å². The summed E-state index contributed by atoms with van der Waals surface area (Å²) in [5.74, 6) is -1.59. The Kier molecular flexibility index (Phi) is 6.71. The quantitative estimate of drug-likeness (QED) is 0.423. The Morgan fingerprint density at radius 3 is 2.43 bits per heavy atom. The van der Waals surface area contributed by atoms with E-state index < -0.39 is 11.0 Å². The molecule has 0 aliphatic carbocycles. The largest absolute Gasteiger partial charge is 0.508 e. The van der Waals surface area contributed by atoms with E-state index in [1.54, 1.807) is 12.1 Å². The summed E-state index contributed by atoms with van der Waals surface area (Å²) in [4.78, 5) is 22.0. The first-order valence-electron chi connectivity index (χ1n) is 5.78. The molecule has 21 heavy (non-hydrogen) atoms. The zero-order valence-electron chi connectivity index (χ0n) is 10.7. The summed E-state index contributed by atoms with van der Waals surface area (Å²) in [5.41, 5.74) is 3.09. The van der Waals surface area contributed by atoms with E-state index in [9.17, 15) is 9.59 Å². The van der Waals surface area contributed by atoms with E-state index in [1.807, 2.05) is 0 Å². The van der Waals surface area contributed by atoms with E-state index in [4.69, 9.17) is 33.4 Å². The van der Waals surface area contributed by atoms with Crippen molar-refractivity contribution in [1.29, 1.82) is 0 Å². The third kappa shape index (κ3) is 6.29. The molecule has 0 radical (unpaired) electrons. The van der Waals surface area contributed by atoms with Gasteiger partial charge in [0.05, 0.1) is 11.2 Å². The Morgan fingerprint density at radius 2 is 1.86 bits per heavy atom. The van der Waals surface area contributed by atoms with Crippen LogP contribution in [0.5, 0.6) is 5.75 Å². The Labute approximate surface area is 130 Å². The van der Waals surface area contributed by atoms with E-state index >= 15 is 0 Å². The number of phenols is 1. The van der Waals surface area contributed by atoms with Crippen molar-refractivity contribution in [2.24, 2.45) is 5.10 Å². The van der Waals surface area contributed by atoms with Gasteiger partial charge in [0.1, 0.15) is 10.8 Å². The monoisotopic (exact) mass is 330 g/mol. The molecule has 8 heteroatoms. The number of aliphatic carboxylic acids is 1. The number of carbonyl (C=O) groups excluding carboxylic acids is 1. The lowest BCUT2D eigenvalue weighted by Crippen LogP contribution is -2.17. The van der Waals surface area contributed by atoms with Crippen molar-refractivity contribution in [3.63, 3.8) is 0 Å². The van der Waals surface area contributed by atoms with Crippen LogP contribution in [0.1, 0.15) is 12.0 Å². The standard InChI is InChI=1S/C13H12Cl2N2O4/c14-10(12(15)13(20)21)7-16-17-11(19)6-3-8-1-4-9(18)5-2-8/h1-2,4-5,7,18H,3,6H2,(H,17,19)(H,20,21)/b12-10+,16-7?. The van der Waals surface area contributed by atoms with Gasteiger partial charge in [0, 0.05) is 6.42 Å². The molecule has 1 aromatic carbocycles. The van der Waals surface area contributed by atoms with Crippen LogP contribution in [0.25, 0.3) is 0 Å². The number of carboxylic acid groups (broad SMARTS) is 1. The molecular formula is C13H12Cl2N2O4. The number of phenolic OH excluding ortho intramolecular Hbond substituents is 1. The van der Waals surface area contributed by atoms with Gasteiger partial charge in [-0.25, -0.2) is 10.2 Å². The van der Waals surface area contributed by atoms with Gasteiger partial charge < -0.3 is 10.2 Å². The number of allylic oxidation sites excluding steroid dienone is 1. The number of aryl methyl sites for hydroxylation is 1. The Morgan fingerprint density at radius 1 is 1.24 bits per heavy atom. The van der Waals surface area contributed by atoms with Crippen molar-refractivity contribution in [1.82, 2.24) is 5.43 Å². The van der Waals surface area contributed by atoms with Crippen LogP contribution in [0.4, 0.5) is 0 Å². The normalized spacial score (nSPS) is 12.1. The van der Waals surface area contributed by atoms with Crippen LogP contribution in [-0.2, 0) is 16.0 Å². The van der Waals surface area contributed by atoms with Crippen molar-refractivity contribution < 1.29 is 19.8 Å². The fourth-order valence-corrected chi connectivity index (χ4v) is 1.47. The molecule has 0 spiro atoms. The first kappa shape index (κ1) is 17.0. The summed E-state index contributed by atoms with van der Waals surface area (Å²) in [6, 6.07) is 6.48. The number of benzene rings is 1. The second-order valence-electron chi connectivity index (χ2n) is 3.93. The molecule has 1 amide bonds. The highest BCUT2D eigenvalue weighted by atomic mass is 35.5. The van der Waals surface area contributed by atoms with Gasteiger partial charge in [-0.1, -0.05) is 35.3 Å². The maximum Gasteiger partial charge on any atom is 0.348 e. The predicted molar refractivity (Wildman–Crippen MR) is 79.4 cm³/mol. The van der Waals surface area contributed by atoms with Crippen molar-refractivity contribution in [3.05, 3.63) is 39.9 Å². The number of carboxylic acids is 1. The Bertz CT molecular complexity index is 582. The minimum Gasteiger partial charge on any atom is -0.508 e. The van der Waals surface area contributed by atoms with Crippen molar-refractivity contribution in [3.8, 4) is 5.75 Å². The zero-order chi connectivity index (χ0) is 15.8. The number of amides is 1. The van der Waals surface area contributed by atoms with Crippen LogP contribution in [0.2, 0.25) is 0 Å². The average Bonchev–Trinajstić information content (AvgIpc) is 2.45. The minimum absolute atomic E-state index is 0.157. The lowest BCUT2D eigenvalue weighted by atomic mass is 10.1. The highest BCUT2D eigenvalue weighted by Gasteiger charge is 2.08. The predicted octanol–water partition coefficient (Wildman–Crippen LogP) is 2.20. The second-order valence-corrected chi connectivity index (χ2v) is 4.71. The molecule has 0 aliphatic rings. The van der Waals surface area contributed by atoms with Gasteiger partial charge >= 0.3 is 5.97 Å². The Hall–Kier alpha value is -2.05. The van der Waals surface area contributed by atoms with Crippen LogP contribution in [-0.4, -0.2) is 28.3 Å². The molecule has 0 atom stereocenters. The highest BCUT2D eigenvalue weighted by molar-refractivity contribution is 6.51. The molecule has 1 rings (SSSR count). The lowest BCUT2D eigenvalue weighted by Gasteiger charge is -2.01. The number of halogens is 2. The van der Waals surface area contributed by atoms with Gasteiger partial charge in [0.2, 0.25) is 5.91 Å². The van der Waals surface area contributed by atoms with E-state index in [-0.39, 0.29) is 23.1 Å². The molecule has 1 aromatic rings. The first-order valence-corrected chi connectivity index (χ1v) is 6.54. The molecule has 0 unspecified atom stereocenters. The molecule has 0 aromatic heterocycles. The second kappa shape index (κ2) is 8.28. The summed E-state index contributed by atoms with van der Waals surface area (Å²) in [6.07, 6.45) is 1.59. The van der Waals surface area contributed by atoms with Crippen molar-refractivity contribution in [2.75, 3.05) is 0 Å². The Balaban J connectivity index is 2.43. The first-order chi connectivity index (χ1) is 9.90. The molecule has 3 N–H and O–H groups in total. The van der Waals surface area contributed by atoms with E-state index in [0.717, 1.165) is 11.8 Å². The smallest absolute Gasteiger partial charge is 0.348 e. The number of aromatic hydroxyl groups is 1. The average molecular weight is 331 g/mol. The number of nitrogens with one attached hydrogen (secondary N) is 1. The fraction of sp³-hybridized carbons (Fsp3) is 0.154. The molecule has 6 nitrogen and oxygen atoms in total.